The molecule has 0 radical (unpaired) electrons. The Labute approximate surface area is 116 Å². The molecule has 1 rings (SSSR count). The number of benzene rings is 1. The average molecular weight is 245 g/mol. The third kappa shape index (κ3) is 2.98. The first-order chi connectivity index (χ1) is 7.55. The second-order valence-corrected chi connectivity index (χ2v) is 3.60. The van der Waals surface area contributed by atoms with Crippen LogP contribution >= 0.6 is 0 Å². The van der Waals surface area contributed by atoms with E-state index in [2.05, 4.69) is 0 Å². The van der Waals surface area contributed by atoms with E-state index in [1.807, 2.05) is 0 Å². The summed E-state index contributed by atoms with van der Waals surface area (Å²) in [5, 5.41) is 22.2. The van der Waals surface area contributed by atoms with E-state index >= 15 is 0 Å². The minimum Gasteiger partial charge on any atom is -0.549 e. The standard InChI is InChI=1S/C12H14O4.Mg/c1-2-8-12(10(13)14,11(15)16)9-6-4-3-5-7-9;/h3-7H,2,8H2,1H3,(H,13,14)(H,15,16);/q;+2/p-2. The van der Waals surface area contributed by atoms with E-state index in [-0.39, 0.29) is 35.0 Å². The van der Waals surface area contributed by atoms with Gasteiger partial charge in [0.2, 0.25) is 0 Å². The SMILES string of the molecule is CCCC(C(=O)[O-])(C(=O)[O-])c1ccccc1.[Mg+2]. The summed E-state index contributed by atoms with van der Waals surface area (Å²) in [6, 6.07) is 7.78. The van der Waals surface area contributed by atoms with E-state index < -0.39 is 17.4 Å². The van der Waals surface area contributed by atoms with E-state index in [4.69, 9.17) is 0 Å². The number of carbonyl (C=O) groups is 2. The molecule has 1 aromatic carbocycles. The van der Waals surface area contributed by atoms with Crippen LogP contribution in [-0.4, -0.2) is 35.0 Å². The fourth-order valence-electron chi connectivity index (χ4n) is 1.77. The molecule has 0 aliphatic rings. The van der Waals surface area contributed by atoms with E-state index in [0.29, 0.717) is 6.42 Å². The van der Waals surface area contributed by atoms with Crippen LogP contribution in [0.4, 0.5) is 0 Å². The molecule has 0 amide bonds. The van der Waals surface area contributed by atoms with Crippen molar-refractivity contribution >= 4 is 35.0 Å². The maximum absolute atomic E-state index is 11.1. The molecule has 0 spiro atoms. The largest absolute Gasteiger partial charge is 2.00 e. The third-order valence-electron chi connectivity index (χ3n) is 2.59. The summed E-state index contributed by atoms with van der Waals surface area (Å²) in [5.41, 5.74) is -1.85. The number of carbonyl (C=O) groups excluding carboxylic acids is 2. The van der Waals surface area contributed by atoms with Crippen LogP contribution in [0.1, 0.15) is 25.3 Å². The minimum atomic E-state index is -2.05. The van der Waals surface area contributed by atoms with E-state index in [9.17, 15) is 19.8 Å². The van der Waals surface area contributed by atoms with Crippen molar-refractivity contribution in [2.24, 2.45) is 0 Å². The van der Waals surface area contributed by atoms with Gasteiger partial charge >= 0.3 is 23.1 Å². The maximum atomic E-state index is 11.1. The van der Waals surface area contributed by atoms with Gasteiger partial charge in [-0.1, -0.05) is 43.7 Å². The van der Waals surface area contributed by atoms with Crippen LogP contribution in [0, 0.1) is 0 Å². The number of aliphatic carboxylic acids is 2. The quantitative estimate of drug-likeness (QED) is 0.484. The molecule has 0 bridgehead atoms. The molecule has 0 saturated heterocycles. The van der Waals surface area contributed by atoms with Crippen LogP contribution in [0.3, 0.4) is 0 Å². The summed E-state index contributed by atoms with van der Waals surface area (Å²) in [4.78, 5) is 22.2. The average Bonchev–Trinajstić information content (AvgIpc) is 2.26. The number of rotatable bonds is 5. The minimum absolute atomic E-state index is 0. The fraction of sp³-hybridized carbons (Fsp3) is 0.333. The molecule has 0 aliphatic carbocycles. The summed E-state index contributed by atoms with van der Waals surface area (Å²) in [5.74, 6) is -3.25. The molecule has 0 N–H and O–H groups in total. The fourth-order valence-corrected chi connectivity index (χ4v) is 1.77. The van der Waals surface area contributed by atoms with Gasteiger partial charge in [-0.3, -0.25) is 0 Å². The molecule has 1 aromatic rings. The molecule has 0 aromatic heterocycles. The van der Waals surface area contributed by atoms with E-state index in [1.54, 1.807) is 25.1 Å². The van der Waals surface area contributed by atoms with E-state index in [0.717, 1.165) is 0 Å². The summed E-state index contributed by atoms with van der Waals surface area (Å²) in [7, 11) is 0. The molecule has 0 heterocycles. The van der Waals surface area contributed by atoms with Crippen molar-refractivity contribution in [2.45, 2.75) is 25.2 Å². The van der Waals surface area contributed by atoms with Crippen molar-refractivity contribution in [1.29, 1.82) is 0 Å². The van der Waals surface area contributed by atoms with Gasteiger partial charge in [0.1, 0.15) is 0 Å². The van der Waals surface area contributed by atoms with Crippen LogP contribution in [0.5, 0.6) is 0 Å². The maximum Gasteiger partial charge on any atom is 2.00 e. The van der Waals surface area contributed by atoms with Gasteiger partial charge in [0.15, 0.2) is 0 Å². The monoisotopic (exact) mass is 244 g/mol. The molecule has 0 aliphatic heterocycles. The molecule has 86 valence electrons. The Bertz CT molecular complexity index is 375. The van der Waals surface area contributed by atoms with Gasteiger partial charge in [-0.15, -0.1) is 0 Å². The van der Waals surface area contributed by atoms with Gasteiger partial charge in [-0.25, -0.2) is 0 Å². The Morgan fingerprint density at radius 1 is 1.12 bits per heavy atom. The normalized spacial score (nSPS) is 10.4. The Kier molecular flexibility index (Phi) is 6.19. The van der Waals surface area contributed by atoms with Crippen LogP contribution in [0.25, 0.3) is 0 Å². The summed E-state index contributed by atoms with van der Waals surface area (Å²) in [6.45, 7) is 1.71. The van der Waals surface area contributed by atoms with E-state index in [1.165, 1.54) is 12.1 Å². The molecule has 17 heavy (non-hydrogen) atoms. The van der Waals surface area contributed by atoms with Crippen molar-refractivity contribution in [3.8, 4) is 0 Å². The zero-order chi connectivity index (χ0) is 12.2. The molecule has 0 atom stereocenters. The van der Waals surface area contributed by atoms with Crippen LogP contribution in [0.2, 0.25) is 0 Å². The molecule has 0 saturated carbocycles. The first-order valence-corrected chi connectivity index (χ1v) is 5.04. The molecule has 0 unspecified atom stereocenters. The molecule has 5 heteroatoms. The van der Waals surface area contributed by atoms with Crippen molar-refractivity contribution in [3.63, 3.8) is 0 Å². The van der Waals surface area contributed by atoms with Crippen LogP contribution in [0.15, 0.2) is 30.3 Å². The molecular formula is C12H12MgO4. The zero-order valence-electron chi connectivity index (χ0n) is 9.64. The predicted molar refractivity (Wildman–Crippen MR) is 58.8 cm³/mol. The second-order valence-electron chi connectivity index (χ2n) is 3.60. The van der Waals surface area contributed by atoms with Crippen molar-refractivity contribution in [2.75, 3.05) is 0 Å². The summed E-state index contributed by atoms with van der Waals surface area (Å²) >= 11 is 0. The second kappa shape index (κ2) is 6.61. The van der Waals surface area contributed by atoms with Crippen molar-refractivity contribution in [3.05, 3.63) is 35.9 Å². The summed E-state index contributed by atoms with van der Waals surface area (Å²) in [6.07, 6.45) is 0.374. The Balaban J connectivity index is 0.00000256. The topological polar surface area (TPSA) is 80.3 Å². The first kappa shape index (κ1) is 15.9. The van der Waals surface area contributed by atoms with Crippen LogP contribution in [-0.2, 0) is 15.0 Å². The Hall–Kier alpha value is -1.07. The predicted octanol–water partition coefficient (Wildman–Crippen LogP) is -1.16. The first-order valence-electron chi connectivity index (χ1n) is 5.04. The molecule has 4 nitrogen and oxygen atoms in total. The van der Waals surface area contributed by atoms with Gasteiger partial charge < -0.3 is 19.8 Å². The van der Waals surface area contributed by atoms with Gasteiger partial charge in [-0.05, 0) is 12.0 Å². The third-order valence-corrected chi connectivity index (χ3v) is 2.59. The van der Waals surface area contributed by atoms with Crippen LogP contribution < -0.4 is 10.2 Å². The smallest absolute Gasteiger partial charge is 0.549 e. The van der Waals surface area contributed by atoms with Gasteiger partial charge in [0.25, 0.3) is 0 Å². The number of carboxylic acids is 2. The van der Waals surface area contributed by atoms with Crippen molar-refractivity contribution < 1.29 is 19.8 Å². The molecule has 0 fully saturated rings. The summed E-state index contributed by atoms with van der Waals surface area (Å²) < 4.78 is 0. The zero-order valence-corrected chi connectivity index (χ0v) is 11.1. The van der Waals surface area contributed by atoms with Gasteiger partial charge in [0, 0.05) is 0 Å². The number of carboxylic acid groups (broad SMARTS) is 2. The number of hydrogen-bond acceptors (Lipinski definition) is 4. The number of hydrogen-bond donors (Lipinski definition) is 0. The van der Waals surface area contributed by atoms with Gasteiger partial charge in [-0.2, -0.15) is 0 Å². The Morgan fingerprint density at radius 2 is 1.59 bits per heavy atom. The van der Waals surface area contributed by atoms with Gasteiger partial charge in [0.05, 0.1) is 17.4 Å². The molecular weight excluding hydrogens is 232 g/mol. The Morgan fingerprint density at radius 3 is 1.94 bits per heavy atom. The van der Waals surface area contributed by atoms with Crippen molar-refractivity contribution in [1.82, 2.24) is 0 Å².